The van der Waals surface area contributed by atoms with E-state index in [4.69, 9.17) is 14.4 Å². The zero-order valence-corrected chi connectivity index (χ0v) is 39.0. The zero-order chi connectivity index (χ0) is 43.0. The van der Waals surface area contributed by atoms with Gasteiger partial charge in [0.1, 0.15) is 11.9 Å². The van der Waals surface area contributed by atoms with Gasteiger partial charge in [0.25, 0.3) is 0 Å². The molecule has 0 aliphatic heterocycles. The van der Waals surface area contributed by atoms with Crippen molar-refractivity contribution in [3.05, 3.63) is 187 Å². The maximum absolute atomic E-state index is 6.88. The van der Waals surface area contributed by atoms with Gasteiger partial charge in [0.15, 0.2) is 0 Å². The third kappa shape index (κ3) is 8.52. The van der Waals surface area contributed by atoms with E-state index in [1.54, 1.807) is 6.33 Å². The predicted octanol–water partition coefficient (Wildman–Crippen LogP) is 14.6. The van der Waals surface area contributed by atoms with Crippen LogP contribution in [0.2, 0.25) is 0 Å². The molecular formula is C56H49IrN5O-2. The largest absolute Gasteiger partial charge is 0.500 e. The molecule has 10 aromatic rings. The van der Waals surface area contributed by atoms with E-state index in [0.29, 0.717) is 11.8 Å². The Bertz CT molecular complexity index is 3140. The first-order valence-corrected chi connectivity index (χ1v) is 21.4. The van der Waals surface area contributed by atoms with Crippen molar-refractivity contribution < 1.29 is 24.5 Å². The second-order valence-electron chi connectivity index (χ2n) is 17.3. The van der Waals surface area contributed by atoms with E-state index in [9.17, 15) is 0 Å². The van der Waals surface area contributed by atoms with Crippen molar-refractivity contribution >= 4 is 33.0 Å². The molecule has 1 radical (unpaired) electrons. The summed E-state index contributed by atoms with van der Waals surface area (Å²) in [4.78, 5) is 19.1. The minimum Gasteiger partial charge on any atom is -0.500 e. The number of fused-ring (bicyclic) bond motifs is 4. The summed E-state index contributed by atoms with van der Waals surface area (Å²) in [6.07, 6.45) is 1.62. The molecule has 0 spiro atoms. The van der Waals surface area contributed by atoms with Gasteiger partial charge in [0, 0.05) is 59.5 Å². The van der Waals surface area contributed by atoms with Crippen LogP contribution in [0.4, 0.5) is 0 Å². The van der Waals surface area contributed by atoms with Crippen LogP contribution < -0.4 is 0 Å². The van der Waals surface area contributed by atoms with Crippen molar-refractivity contribution in [2.24, 2.45) is 0 Å². The van der Waals surface area contributed by atoms with Crippen LogP contribution in [0.15, 0.2) is 162 Å². The third-order valence-electron chi connectivity index (χ3n) is 11.3. The minimum absolute atomic E-state index is 0. The van der Waals surface area contributed by atoms with Gasteiger partial charge in [-0.15, -0.1) is 54.1 Å². The first-order valence-electron chi connectivity index (χ1n) is 21.4. The van der Waals surface area contributed by atoms with Gasteiger partial charge in [0.05, 0.1) is 33.8 Å². The van der Waals surface area contributed by atoms with Crippen LogP contribution in [0, 0.1) is 12.1 Å². The molecule has 7 heteroatoms. The summed E-state index contributed by atoms with van der Waals surface area (Å²) in [5.74, 6) is 1.47. The molecule has 4 aromatic heterocycles. The van der Waals surface area contributed by atoms with Crippen molar-refractivity contribution in [2.45, 2.75) is 65.7 Å². The van der Waals surface area contributed by atoms with Crippen LogP contribution in [0.5, 0.6) is 0 Å². The van der Waals surface area contributed by atoms with Gasteiger partial charge in [-0.3, -0.25) is 9.97 Å². The van der Waals surface area contributed by atoms with Gasteiger partial charge in [-0.2, -0.15) is 0 Å². The average Bonchev–Trinajstić information content (AvgIpc) is 3.88. The quantitative estimate of drug-likeness (QED) is 0.149. The van der Waals surface area contributed by atoms with E-state index >= 15 is 0 Å². The molecule has 0 saturated heterocycles. The molecule has 0 atom stereocenters. The van der Waals surface area contributed by atoms with Crippen molar-refractivity contribution in [2.75, 3.05) is 0 Å². The fourth-order valence-electron chi connectivity index (χ4n) is 8.14. The van der Waals surface area contributed by atoms with Gasteiger partial charge in [-0.25, -0.2) is 9.97 Å². The molecule has 6 nitrogen and oxygen atoms in total. The van der Waals surface area contributed by atoms with Crippen LogP contribution in [0.1, 0.15) is 77.1 Å². The number of nitrogens with zero attached hydrogens (tertiary/aromatic N) is 5. The molecule has 4 heterocycles. The maximum atomic E-state index is 6.88. The molecule has 10 rings (SSSR count). The second kappa shape index (κ2) is 18.1. The van der Waals surface area contributed by atoms with Gasteiger partial charge < -0.3 is 8.98 Å². The van der Waals surface area contributed by atoms with E-state index in [2.05, 4.69) is 166 Å². The molecule has 0 amide bonds. The Morgan fingerprint density at radius 1 is 0.619 bits per heavy atom. The molecule has 0 bridgehead atoms. The fraction of sp³-hybridized carbons (Fsp3) is 0.179. The van der Waals surface area contributed by atoms with Crippen LogP contribution >= 0.6 is 0 Å². The Labute approximate surface area is 383 Å². The molecule has 0 N–H and O–H groups in total. The van der Waals surface area contributed by atoms with Crippen molar-refractivity contribution in [1.82, 2.24) is 24.5 Å². The minimum atomic E-state index is 0. The fourth-order valence-corrected chi connectivity index (χ4v) is 8.14. The molecule has 315 valence electrons. The number of imidazole rings is 1. The molecule has 0 fully saturated rings. The second-order valence-corrected chi connectivity index (χ2v) is 17.3. The Morgan fingerprint density at radius 2 is 1.29 bits per heavy atom. The summed E-state index contributed by atoms with van der Waals surface area (Å²) in [5.41, 5.74) is 15.0. The van der Waals surface area contributed by atoms with Crippen molar-refractivity contribution in [3.8, 4) is 50.8 Å². The molecule has 0 aliphatic rings. The number of furan rings is 1. The number of hydrogen-bond acceptors (Lipinski definition) is 5. The smallest absolute Gasteiger partial charge is 0.125 e. The summed E-state index contributed by atoms with van der Waals surface area (Å²) in [6.45, 7) is 15.5. The maximum Gasteiger partial charge on any atom is 0.125 e. The van der Waals surface area contributed by atoms with Crippen LogP contribution in [-0.2, 0) is 25.5 Å². The SMILES string of the molecule is CC(C)(C)c1cc(-c2[c-]cccc2)ncn1.CC(C)c1cccc(C(C)C)c1-n1c(-c2[c-]ccc3c2oc2cc(-c4ccccc4)nc(-c4ccccc4)c23)nc2ccccc21.[Ir]. The standard InChI is InChI=1S/C42H34N3O.C14H15N2.Ir/c1-26(2)30-19-13-20-31(27(3)4)40(30)45-36-24-12-11-23-34(36)44-42(45)33-22-14-21-32-38-37(46-41(32)33)25-35(28-15-7-5-8-16-28)43-39(38)29-17-9-6-10-18-29;1-14(2,3)13-9-12(15-10-16-13)11-7-5-4-6-8-11;/h5-21,23-27H,1-4H3;4-7,9-10H,1-3H3;/q2*-1;. The molecule has 0 aliphatic carbocycles. The Morgan fingerprint density at radius 3 is 1.95 bits per heavy atom. The van der Waals surface area contributed by atoms with E-state index < -0.39 is 0 Å². The first-order chi connectivity index (χ1) is 30.1. The zero-order valence-electron chi connectivity index (χ0n) is 36.6. The topological polar surface area (TPSA) is 69.6 Å². The van der Waals surface area contributed by atoms with E-state index in [1.165, 1.54) is 16.8 Å². The van der Waals surface area contributed by atoms with E-state index in [1.807, 2.05) is 60.7 Å². The van der Waals surface area contributed by atoms with E-state index in [-0.39, 0.29) is 25.5 Å². The van der Waals surface area contributed by atoms with Crippen LogP contribution in [0.3, 0.4) is 0 Å². The molecule has 63 heavy (non-hydrogen) atoms. The van der Waals surface area contributed by atoms with Crippen LogP contribution in [0.25, 0.3) is 83.8 Å². The molecular weight excluding hydrogens is 951 g/mol. The first kappa shape index (κ1) is 43.1. The summed E-state index contributed by atoms with van der Waals surface area (Å²) >= 11 is 0. The number of hydrogen-bond donors (Lipinski definition) is 0. The Kier molecular flexibility index (Phi) is 12.4. The third-order valence-corrected chi connectivity index (χ3v) is 11.3. The number of aromatic nitrogens is 5. The number of para-hydroxylation sites is 3. The predicted molar refractivity (Wildman–Crippen MR) is 254 cm³/mol. The van der Waals surface area contributed by atoms with Gasteiger partial charge in [0.2, 0.25) is 0 Å². The van der Waals surface area contributed by atoms with Crippen LogP contribution in [-0.4, -0.2) is 24.5 Å². The normalized spacial score (nSPS) is 11.6. The number of pyridine rings is 1. The molecule has 0 unspecified atom stereocenters. The average molecular weight is 1000 g/mol. The van der Waals surface area contributed by atoms with Crippen molar-refractivity contribution in [3.63, 3.8) is 0 Å². The molecule has 6 aromatic carbocycles. The Hall–Kier alpha value is -6.53. The number of benzene rings is 6. The summed E-state index contributed by atoms with van der Waals surface area (Å²) < 4.78 is 9.22. The number of rotatable bonds is 7. The van der Waals surface area contributed by atoms with Gasteiger partial charge >= 0.3 is 0 Å². The van der Waals surface area contributed by atoms with Crippen molar-refractivity contribution in [1.29, 1.82) is 0 Å². The van der Waals surface area contributed by atoms with E-state index in [0.717, 1.165) is 83.8 Å². The summed E-state index contributed by atoms with van der Waals surface area (Å²) in [7, 11) is 0. The van der Waals surface area contributed by atoms with Gasteiger partial charge in [-0.1, -0.05) is 156 Å². The molecule has 0 saturated carbocycles. The monoisotopic (exact) mass is 1000 g/mol. The Balaban J connectivity index is 0.000000271. The summed E-state index contributed by atoms with van der Waals surface area (Å²) in [5, 5.41) is 1.98. The summed E-state index contributed by atoms with van der Waals surface area (Å²) in [6, 6.07) is 58.5. The van der Waals surface area contributed by atoms with Gasteiger partial charge in [-0.05, 0) is 40.8 Å².